The van der Waals surface area contributed by atoms with E-state index in [0.29, 0.717) is 57.2 Å². The van der Waals surface area contributed by atoms with Crippen molar-refractivity contribution < 1.29 is 47.0 Å². The summed E-state index contributed by atoms with van der Waals surface area (Å²) in [5.41, 5.74) is 3.29. The quantitative estimate of drug-likeness (QED) is 0.0859. The summed E-state index contributed by atoms with van der Waals surface area (Å²) in [6.45, 7) is 14.0. The van der Waals surface area contributed by atoms with Crippen LogP contribution in [0.15, 0.2) is 60.7 Å². The molecule has 1 aromatic heterocycles. The Balaban J connectivity index is 1.12. The number of alkyl halides is 3. The van der Waals surface area contributed by atoms with Crippen LogP contribution in [-0.4, -0.2) is 86.7 Å². The molecule has 6 rings (SSSR count). The Kier molecular flexibility index (Phi) is 14.5. The van der Waals surface area contributed by atoms with Crippen molar-refractivity contribution in [3.05, 3.63) is 83.2 Å². The number of aryl methyl sites for hydroxylation is 1. The van der Waals surface area contributed by atoms with E-state index in [1.54, 1.807) is 26.8 Å². The Hall–Kier alpha value is -6.13. The number of amides is 5. The molecule has 2 unspecified atom stereocenters. The summed E-state index contributed by atoms with van der Waals surface area (Å²) in [7, 11) is 0. The van der Waals surface area contributed by atoms with Crippen LogP contribution in [0.1, 0.15) is 107 Å². The average molecular weight is 904 g/mol. The number of carbonyl (C=O) groups is 5. The van der Waals surface area contributed by atoms with E-state index in [1.165, 1.54) is 23.1 Å². The number of nitrogens with one attached hydrogen (secondary N) is 5. The zero-order valence-corrected chi connectivity index (χ0v) is 37.9. The standard InChI is InChI=1S/C48H60F3N7O7/c1-27-22-32(41(60)53-34-20-21-58(45(63)64)39(25-34)46(2,3)4)16-18-35(27)30-12-8-28(9-13-30)23-38(42(61)54-33-17-19-36-37(24-33)57-43(56-36)48(49,50)51)55-40(59)31-14-10-29(11-15-31)26-52-44(62)65-47(5,6)7/h8-9,12-13,16-19,22,24,29,31,34,38-39H,10-11,14-15,20-21,23,25-26H2,1-7H3,(H,52,62)(H,53,60)(H,54,61)(H,55,59)(H,56,57)(H,63,64)/t29?,31?,34?,38-,39?/m0/s1. The highest BCUT2D eigenvalue weighted by Crippen LogP contribution is 2.34. The maximum Gasteiger partial charge on any atom is 0.449 e. The van der Waals surface area contributed by atoms with Crippen LogP contribution in [-0.2, 0) is 26.9 Å². The number of aromatic amines is 1. The van der Waals surface area contributed by atoms with Crippen molar-refractivity contribution in [3.63, 3.8) is 0 Å². The topological polar surface area (TPSA) is 195 Å². The Morgan fingerprint density at radius 1 is 0.908 bits per heavy atom. The summed E-state index contributed by atoms with van der Waals surface area (Å²) in [5, 5.41) is 21.4. The zero-order chi connectivity index (χ0) is 47.4. The molecule has 5 amide bonds. The van der Waals surface area contributed by atoms with Crippen molar-refractivity contribution in [2.24, 2.45) is 17.3 Å². The van der Waals surface area contributed by atoms with Crippen molar-refractivity contribution in [2.75, 3.05) is 18.4 Å². The molecule has 2 fully saturated rings. The Morgan fingerprint density at radius 3 is 2.22 bits per heavy atom. The smallest absolute Gasteiger partial charge is 0.449 e. The normalized spacial score (nSPS) is 19.8. The molecule has 350 valence electrons. The molecule has 1 saturated heterocycles. The van der Waals surface area contributed by atoms with Crippen LogP contribution >= 0.6 is 0 Å². The van der Waals surface area contributed by atoms with Gasteiger partial charge in [-0.25, -0.2) is 14.6 Å². The third kappa shape index (κ3) is 12.8. The summed E-state index contributed by atoms with van der Waals surface area (Å²) in [5.74, 6) is -2.45. The number of anilines is 1. The number of rotatable bonds is 11. The molecule has 65 heavy (non-hydrogen) atoms. The van der Waals surface area contributed by atoms with Gasteiger partial charge in [0.15, 0.2) is 0 Å². The van der Waals surface area contributed by atoms with Crippen LogP contribution < -0.4 is 21.3 Å². The summed E-state index contributed by atoms with van der Waals surface area (Å²) in [6.07, 6.45) is -2.51. The molecule has 3 aromatic carbocycles. The minimum Gasteiger partial charge on any atom is -0.465 e. The number of carbonyl (C=O) groups excluding carboxylic acids is 4. The van der Waals surface area contributed by atoms with Gasteiger partial charge in [-0.15, -0.1) is 0 Å². The first-order valence-electron chi connectivity index (χ1n) is 22.1. The summed E-state index contributed by atoms with van der Waals surface area (Å²) < 4.78 is 45.4. The number of halogens is 3. The number of fused-ring (bicyclic) bond motifs is 1. The number of imidazole rings is 1. The lowest BCUT2D eigenvalue weighted by molar-refractivity contribution is -0.144. The molecular formula is C48H60F3N7O7. The maximum absolute atomic E-state index is 13.9. The summed E-state index contributed by atoms with van der Waals surface area (Å²) in [6, 6.07) is 15.7. The lowest BCUT2D eigenvalue weighted by atomic mass is 9.79. The summed E-state index contributed by atoms with van der Waals surface area (Å²) in [4.78, 5) is 72.5. The molecule has 0 spiro atoms. The molecule has 2 heterocycles. The fourth-order valence-electron chi connectivity index (χ4n) is 8.72. The third-order valence-electron chi connectivity index (χ3n) is 12.2. The monoisotopic (exact) mass is 903 g/mol. The van der Waals surface area contributed by atoms with Gasteiger partial charge in [0.1, 0.15) is 11.6 Å². The predicted octanol–water partition coefficient (Wildman–Crippen LogP) is 8.84. The van der Waals surface area contributed by atoms with Crippen LogP contribution in [0.4, 0.5) is 28.4 Å². The van der Waals surface area contributed by atoms with Crippen LogP contribution in [0.25, 0.3) is 22.2 Å². The lowest BCUT2D eigenvalue weighted by Crippen LogP contribution is -2.56. The first-order chi connectivity index (χ1) is 30.4. The number of benzene rings is 3. The van der Waals surface area contributed by atoms with Gasteiger partial charge in [0.2, 0.25) is 17.6 Å². The second-order valence-corrected chi connectivity index (χ2v) is 19.4. The Bertz CT molecular complexity index is 2380. The molecule has 1 aliphatic carbocycles. The second kappa shape index (κ2) is 19.5. The van der Waals surface area contributed by atoms with Crippen LogP contribution in [0.2, 0.25) is 0 Å². The number of nitrogens with zero attached hydrogens (tertiary/aromatic N) is 2. The van der Waals surface area contributed by atoms with Gasteiger partial charge in [0, 0.05) is 48.8 Å². The van der Waals surface area contributed by atoms with Crippen molar-refractivity contribution in [2.45, 2.75) is 123 Å². The minimum absolute atomic E-state index is 0.0785. The lowest BCUT2D eigenvalue weighted by Gasteiger charge is -2.44. The van der Waals surface area contributed by atoms with E-state index < -0.39 is 41.7 Å². The van der Waals surface area contributed by atoms with Gasteiger partial charge in [-0.1, -0.05) is 51.1 Å². The van der Waals surface area contributed by atoms with Crippen LogP contribution in [0.3, 0.4) is 0 Å². The highest BCUT2D eigenvalue weighted by atomic mass is 19.4. The van der Waals surface area contributed by atoms with Gasteiger partial charge in [0.05, 0.1) is 11.0 Å². The van der Waals surface area contributed by atoms with Crippen LogP contribution in [0, 0.1) is 24.2 Å². The van der Waals surface area contributed by atoms with Gasteiger partial charge >= 0.3 is 18.4 Å². The average Bonchev–Trinajstić information content (AvgIpc) is 3.67. The molecular weight excluding hydrogens is 844 g/mol. The molecule has 1 saturated carbocycles. The number of hydrogen-bond donors (Lipinski definition) is 6. The summed E-state index contributed by atoms with van der Waals surface area (Å²) >= 11 is 0. The Labute approximate surface area is 376 Å². The molecule has 4 aromatic rings. The van der Waals surface area contributed by atoms with E-state index in [0.717, 1.165) is 22.3 Å². The van der Waals surface area contributed by atoms with E-state index in [1.807, 2.05) is 64.1 Å². The van der Waals surface area contributed by atoms with Crippen molar-refractivity contribution in [1.82, 2.24) is 30.8 Å². The van der Waals surface area contributed by atoms with Crippen LogP contribution in [0.5, 0.6) is 0 Å². The van der Waals surface area contributed by atoms with Crippen molar-refractivity contribution in [1.29, 1.82) is 0 Å². The maximum atomic E-state index is 13.9. The number of piperidine rings is 1. The zero-order valence-electron chi connectivity index (χ0n) is 37.9. The first kappa shape index (κ1) is 48.3. The number of likely N-dealkylation sites (tertiary alicyclic amines) is 1. The van der Waals surface area contributed by atoms with Crippen molar-refractivity contribution in [3.8, 4) is 11.1 Å². The largest absolute Gasteiger partial charge is 0.465 e. The fraction of sp³-hybridized carbons (Fsp3) is 0.500. The molecule has 0 bridgehead atoms. The first-order valence-corrected chi connectivity index (χ1v) is 22.1. The fourth-order valence-corrected chi connectivity index (χ4v) is 8.72. The van der Waals surface area contributed by atoms with Gasteiger partial charge in [-0.05, 0) is 130 Å². The van der Waals surface area contributed by atoms with Gasteiger partial charge in [0.25, 0.3) is 5.91 Å². The van der Waals surface area contributed by atoms with Gasteiger partial charge in [-0.2, -0.15) is 13.2 Å². The molecule has 2 aliphatic rings. The molecule has 0 radical (unpaired) electrons. The van der Waals surface area contributed by atoms with E-state index in [4.69, 9.17) is 4.74 Å². The van der Waals surface area contributed by atoms with E-state index in [2.05, 4.69) is 31.2 Å². The number of H-pyrrole nitrogens is 1. The minimum atomic E-state index is -4.68. The van der Waals surface area contributed by atoms with E-state index in [-0.39, 0.29) is 64.3 Å². The number of ether oxygens (including phenoxy) is 1. The van der Waals surface area contributed by atoms with Gasteiger partial charge < -0.3 is 41.0 Å². The predicted molar refractivity (Wildman–Crippen MR) is 240 cm³/mol. The van der Waals surface area contributed by atoms with Crippen molar-refractivity contribution >= 4 is 46.6 Å². The number of alkyl carbamates (subject to hydrolysis) is 1. The number of aromatic nitrogens is 2. The Morgan fingerprint density at radius 2 is 1.60 bits per heavy atom. The molecule has 3 atom stereocenters. The number of carboxylic acid groups (broad SMARTS) is 1. The van der Waals surface area contributed by atoms with E-state index >= 15 is 0 Å². The highest BCUT2D eigenvalue weighted by molar-refractivity contribution is 5.99. The third-order valence-corrected chi connectivity index (χ3v) is 12.2. The second-order valence-electron chi connectivity index (χ2n) is 19.4. The highest BCUT2D eigenvalue weighted by Gasteiger charge is 2.39. The molecule has 1 aliphatic heterocycles. The molecule has 17 heteroatoms. The number of hydrogen-bond acceptors (Lipinski definition) is 7. The van der Waals surface area contributed by atoms with E-state index in [9.17, 15) is 42.3 Å². The SMILES string of the molecule is Cc1cc(C(=O)NC2CCN(C(=O)O)C(C(C)(C)C)C2)ccc1-c1ccc(C[C@H](NC(=O)C2CCC(CNC(=O)OC(C)(C)C)CC2)C(=O)Nc2ccc3nc(C(F)(F)F)[nH]c3c2)cc1. The molecule has 6 N–H and O–H groups in total. The molecule has 14 nitrogen and oxygen atoms in total. The van der Waals surface area contributed by atoms with Gasteiger partial charge in [-0.3, -0.25) is 14.4 Å².